The molecule has 2 amide bonds. The SMILES string of the molecule is O=CN1CCC(C(=O)NCCCO)CC1. The molecule has 0 atom stereocenters. The van der Waals surface area contributed by atoms with Gasteiger partial charge in [-0.15, -0.1) is 0 Å². The van der Waals surface area contributed by atoms with Crippen molar-refractivity contribution in [1.82, 2.24) is 10.2 Å². The van der Waals surface area contributed by atoms with Crippen molar-refractivity contribution in [2.75, 3.05) is 26.2 Å². The van der Waals surface area contributed by atoms with E-state index in [1.54, 1.807) is 4.90 Å². The number of hydrogen-bond acceptors (Lipinski definition) is 3. The maximum Gasteiger partial charge on any atom is 0.223 e. The Balaban J connectivity index is 2.21. The minimum atomic E-state index is 0.0277. The summed E-state index contributed by atoms with van der Waals surface area (Å²) < 4.78 is 0. The molecule has 0 aromatic carbocycles. The van der Waals surface area contributed by atoms with Gasteiger partial charge < -0.3 is 15.3 Å². The van der Waals surface area contributed by atoms with Crippen LogP contribution in [0.15, 0.2) is 0 Å². The lowest BCUT2D eigenvalue weighted by Crippen LogP contribution is -2.40. The van der Waals surface area contributed by atoms with Crippen molar-refractivity contribution in [3.63, 3.8) is 0 Å². The second-order valence-electron chi connectivity index (χ2n) is 3.78. The summed E-state index contributed by atoms with van der Waals surface area (Å²) in [5.74, 6) is 0.0777. The van der Waals surface area contributed by atoms with E-state index < -0.39 is 0 Å². The van der Waals surface area contributed by atoms with Gasteiger partial charge in [0.1, 0.15) is 0 Å². The average molecular weight is 214 g/mol. The van der Waals surface area contributed by atoms with E-state index in [1.807, 2.05) is 0 Å². The van der Waals surface area contributed by atoms with Crippen molar-refractivity contribution >= 4 is 12.3 Å². The molecule has 5 nitrogen and oxygen atoms in total. The fourth-order valence-corrected chi connectivity index (χ4v) is 1.70. The van der Waals surface area contributed by atoms with Crippen LogP contribution in [0.4, 0.5) is 0 Å². The quantitative estimate of drug-likeness (QED) is 0.472. The van der Waals surface area contributed by atoms with Crippen LogP contribution in [0.25, 0.3) is 0 Å². The number of piperidine rings is 1. The zero-order valence-corrected chi connectivity index (χ0v) is 8.82. The lowest BCUT2D eigenvalue weighted by molar-refractivity contribution is -0.128. The van der Waals surface area contributed by atoms with Gasteiger partial charge in [0.05, 0.1) is 0 Å². The summed E-state index contributed by atoms with van der Waals surface area (Å²) in [4.78, 5) is 23.7. The van der Waals surface area contributed by atoms with E-state index in [2.05, 4.69) is 5.32 Å². The molecule has 0 aromatic heterocycles. The lowest BCUT2D eigenvalue weighted by Gasteiger charge is -2.28. The number of nitrogens with zero attached hydrogens (tertiary/aromatic N) is 1. The molecule has 1 heterocycles. The van der Waals surface area contributed by atoms with E-state index in [0.29, 0.717) is 26.1 Å². The van der Waals surface area contributed by atoms with Gasteiger partial charge in [0, 0.05) is 32.2 Å². The Bertz CT molecular complexity index is 213. The highest BCUT2D eigenvalue weighted by molar-refractivity contribution is 5.78. The largest absolute Gasteiger partial charge is 0.396 e. The number of hydrogen-bond donors (Lipinski definition) is 2. The van der Waals surface area contributed by atoms with E-state index in [9.17, 15) is 9.59 Å². The molecule has 1 rings (SSSR count). The Kier molecular flexibility index (Phi) is 5.10. The summed E-state index contributed by atoms with van der Waals surface area (Å²) in [6.45, 7) is 1.97. The average Bonchev–Trinajstić information content (AvgIpc) is 2.29. The zero-order valence-electron chi connectivity index (χ0n) is 8.82. The third-order valence-electron chi connectivity index (χ3n) is 2.68. The van der Waals surface area contributed by atoms with Crippen LogP contribution in [0.3, 0.4) is 0 Å². The molecule has 1 aliphatic heterocycles. The van der Waals surface area contributed by atoms with Crippen LogP contribution in [0.2, 0.25) is 0 Å². The first kappa shape index (κ1) is 12.0. The maximum absolute atomic E-state index is 11.6. The number of likely N-dealkylation sites (tertiary alicyclic amines) is 1. The highest BCUT2D eigenvalue weighted by atomic mass is 16.3. The highest BCUT2D eigenvalue weighted by Crippen LogP contribution is 2.15. The van der Waals surface area contributed by atoms with Crippen molar-refractivity contribution in [3.8, 4) is 0 Å². The fraction of sp³-hybridized carbons (Fsp3) is 0.800. The van der Waals surface area contributed by atoms with Gasteiger partial charge in [-0.05, 0) is 19.3 Å². The first-order chi connectivity index (χ1) is 7.27. The monoisotopic (exact) mass is 214 g/mol. The Labute approximate surface area is 89.4 Å². The topological polar surface area (TPSA) is 69.6 Å². The van der Waals surface area contributed by atoms with Crippen LogP contribution in [0, 0.1) is 5.92 Å². The molecule has 1 fully saturated rings. The van der Waals surface area contributed by atoms with Crippen molar-refractivity contribution in [3.05, 3.63) is 0 Å². The van der Waals surface area contributed by atoms with Gasteiger partial charge in [-0.2, -0.15) is 0 Å². The standard InChI is InChI=1S/C10H18N2O3/c13-7-1-4-11-10(15)9-2-5-12(8-14)6-3-9/h8-9,13H,1-7H2,(H,11,15). The molecule has 2 N–H and O–H groups in total. The van der Waals surface area contributed by atoms with Gasteiger partial charge in [-0.1, -0.05) is 0 Å². The van der Waals surface area contributed by atoms with Crippen molar-refractivity contribution in [2.24, 2.45) is 5.92 Å². The Hall–Kier alpha value is -1.10. The summed E-state index contributed by atoms with van der Waals surface area (Å²) in [5, 5.41) is 11.3. The minimum absolute atomic E-state index is 0.0277. The Morgan fingerprint density at radius 2 is 2.13 bits per heavy atom. The van der Waals surface area contributed by atoms with Gasteiger partial charge in [-0.25, -0.2) is 0 Å². The summed E-state index contributed by atoms with van der Waals surface area (Å²) in [5.41, 5.74) is 0. The van der Waals surface area contributed by atoms with Gasteiger partial charge in [0.2, 0.25) is 12.3 Å². The minimum Gasteiger partial charge on any atom is -0.396 e. The van der Waals surface area contributed by atoms with Crippen LogP contribution in [0.5, 0.6) is 0 Å². The van der Waals surface area contributed by atoms with Crippen LogP contribution in [-0.4, -0.2) is 48.6 Å². The molecule has 15 heavy (non-hydrogen) atoms. The summed E-state index contributed by atoms with van der Waals surface area (Å²) in [7, 11) is 0. The molecule has 1 saturated heterocycles. The number of rotatable bonds is 5. The predicted octanol–water partition coefficient (Wildman–Crippen LogP) is -0.647. The molecule has 0 bridgehead atoms. The smallest absolute Gasteiger partial charge is 0.223 e. The van der Waals surface area contributed by atoms with Gasteiger partial charge >= 0.3 is 0 Å². The Morgan fingerprint density at radius 1 is 1.47 bits per heavy atom. The number of amides is 2. The van der Waals surface area contributed by atoms with Crippen molar-refractivity contribution < 1.29 is 14.7 Å². The number of aliphatic hydroxyl groups excluding tert-OH is 1. The zero-order chi connectivity index (χ0) is 11.1. The summed E-state index contributed by atoms with van der Waals surface area (Å²) >= 11 is 0. The van der Waals surface area contributed by atoms with Gasteiger partial charge in [-0.3, -0.25) is 9.59 Å². The first-order valence-electron chi connectivity index (χ1n) is 5.36. The van der Waals surface area contributed by atoms with Crippen LogP contribution < -0.4 is 5.32 Å². The molecule has 1 aliphatic rings. The van der Waals surface area contributed by atoms with E-state index >= 15 is 0 Å². The van der Waals surface area contributed by atoms with E-state index in [1.165, 1.54) is 0 Å². The van der Waals surface area contributed by atoms with E-state index in [0.717, 1.165) is 19.3 Å². The molecular formula is C10H18N2O3. The molecule has 0 radical (unpaired) electrons. The third-order valence-corrected chi connectivity index (χ3v) is 2.68. The third kappa shape index (κ3) is 3.87. The molecule has 0 unspecified atom stereocenters. The van der Waals surface area contributed by atoms with Crippen molar-refractivity contribution in [2.45, 2.75) is 19.3 Å². The Morgan fingerprint density at radius 3 is 2.67 bits per heavy atom. The number of aliphatic hydroxyl groups is 1. The molecule has 0 aliphatic carbocycles. The lowest BCUT2D eigenvalue weighted by atomic mass is 9.96. The second-order valence-corrected chi connectivity index (χ2v) is 3.78. The molecular weight excluding hydrogens is 196 g/mol. The molecule has 5 heteroatoms. The van der Waals surface area contributed by atoms with Crippen LogP contribution >= 0.6 is 0 Å². The highest BCUT2D eigenvalue weighted by Gasteiger charge is 2.23. The van der Waals surface area contributed by atoms with Crippen LogP contribution in [-0.2, 0) is 9.59 Å². The first-order valence-corrected chi connectivity index (χ1v) is 5.36. The summed E-state index contributed by atoms with van der Waals surface area (Å²) in [6, 6.07) is 0. The molecule has 0 aromatic rings. The number of nitrogens with one attached hydrogen (secondary N) is 1. The predicted molar refractivity (Wildman–Crippen MR) is 55.1 cm³/mol. The van der Waals surface area contributed by atoms with Gasteiger partial charge in [0.15, 0.2) is 0 Å². The number of carbonyl (C=O) groups is 2. The second kappa shape index (κ2) is 6.40. The van der Waals surface area contributed by atoms with Crippen LogP contribution in [0.1, 0.15) is 19.3 Å². The van der Waals surface area contributed by atoms with Crippen molar-refractivity contribution in [1.29, 1.82) is 0 Å². The van der Waals surface area contributed by atoms with Gasteiger partial charge in [0.25, 0.3) is 0 Å². The fourth-order valence-electron chi connectivity index (χ4n) is 1.70. The number of carbonyl (C=O) groups excluding carboxylic acids is 2. The molecule has 0 spiro atoms. The van der Waals surface area contributed by atoms with E-state index in [-0.39, 0.29) is 18.4 Å². The molecule has 86 valence electrons. The normalized spacial score (nSPS) is 17.5. The molecule has 0 saturated carbocycles. The summed E-state index contributed by atoms with van der Waals surface area (Å²) in [6.07, 6.45) is 2.91. The maximum atomic E-state index is 11.6. The van der Waals surface area contributed by atoms with E-state index in [4.69, 9.17) is 5.11 Å².